The smallest absolute Gasteiger partial charge is 0.326 e. The molecule has 6 nitrogen and oxygen atoms in total. The molecule has 26 heavy (non-hydrogen) atoms. The number of para-hydroxylation sites is 1. The monoisotopic (exact) mass is 357 g/mol. The first-order valence-electron chi connectivity index (χ1n) is 8.53. The van der Waals surface area contributed by atoms with E-state index in [1.807, 2.05) is 0 Å². The number of amides is 1. The number of aliphatic carboxylic acids is 1. The number of nitrogens with one attached hydrogen (secondary N) is 1. The van der Waals surface area contributed by atoms with Crippen molar-refractivity contribution in [3.63, 3.8) is 0 Å². The van der Waals surface area contributed by atoms with Crippen molar-refractivity contribution in [2.45, 2.75) is 38.6 Å². The molecular formula is C19H20FN3O3. The number of hydrogen-bond donors (Lipinski definition) is 2. The van der Waals surface area contributed by atoms with Crippen LogP contribution in [-0.2, 0) is 17.6 Å². The number of halogens is 1. The zero-order valence-electron chi connectivity index (χ0n) is 14.4. The maximum Gasteiger partial charge on any atom is 0.326 e. The van der Waals surface area contributed by atoms with E-state index in [0.717, 1.165) is 17.7 Å². The zero-order chi connectivity index (χ0) is 18.7. The number of hydrogen-bond acceptors (Lipinski definition) is 3. The summed E-state index contributed by atoms with van der Waals surface area (Å²) >= 11 is 0. The second-order valence-electron chi connectivity index (χ2n) is 6.16. The molecule has 136 valence electrons. The number of nitrogens with zero attached hydrogens (tertiary/aromatic N) is 2. The van der Waals surface area contributed by atoms with Gasteiger partial charge in [-0.05, 0) is 44.7 Å². The van der Waals surface area contributed by atoms with Crippen LogP contribution in [0, 0.1) is 5.82 Å². The number of aromatic nitrogens is 2. The lowest BCUT2D eigenvalue weighted by Crippen LogP contribution is -2.40. The third-order valence-corrected chi connectivity index (χ3v) is 4.44. The molecule has 0 saturated heterocycles. The van der Waals surface area contributed by atoms with E-state index in [1.165, 1.54) is 10.7 Å². The molecule has 1 amide bonds. The average Bonchev–Trinajstić information content (AvgIpc) is 3.21. The first-order chi connectivity index (χ1) is 12.5. The molecular weight excluding hydrogens is 337 g/mol. The number of rotatable bonds is 6. The van der Waals surface area contributed by atoms with E-state index in [1.54, 1.807) is 37.3 Å². The Kier molecular flexibility index (Phi) is 5.16. The van der Waals surface area contributed by atoms with E-state index in [-0.39, 0.29) is 17.8 Å². The molecule has 0 radical (unpaired) electrons. The molecule has 0 saturated carbocycles. The standard InChI is InChI=1S/C19H20FN3O3/c1-2-3-9-14(19(25)26)21-18(24)17-12-7-6-11-15(12)23(22-17)16-10-5-4-8-13(16)20/h2-5,8,10,14H,6-7,9,11H2,1H3,(H,21,24)(H,25,26)/b3-2+. The van der Waals surface area contributed by atoms with Crippen LogP contribution in [0.4, 0.5) is 4.39 Å². The van der Waals surface area contributed by atoms with Crippen LogP contribution in [-0.4, -0.2) is 32.8 Å². The van der Waals surface area contributed by atoms with Crippen molar-refractivity contribution in [1.82, 2.24) is 15.1 Å². The molecule has 0 fully saturated rings. The summed E-state index contributed by atoms with van der Waals surface area (Å²) in [6.07, 6.45) is 5.81. The minimum atomic E-state index is -1.11. The molecule has 1 aromatic carbocycles. The highest BCUT2D eigenvalue weighted by Crippen LogP contribution is 2.28. The van der Waals surface area contributed by atoms with Crippen molar-refractivity contribution in [2.24, 2.45) is 0 Å². The molecule has 0 bridgehead atoms. The highest BCUT2D eigenvalue weighted by molar-refractivity contribution is 5.96. The Labute approximate surface area is 150 Å². The van der Waals surface area contributed by atoms with Gasteiger partial charge in [0.25, 0.3) is 5.91 Å². The second kappa shape index (κ2) is 7.51. The minimum absolute atomic E-state index is 0.174. The third-order valence-electron chi connectivity index (χ3n) is 4.44. The zero-order valence-corrected chi connectivity index (χ0v) is 14.4. The Balaban J connectivity index is 1.94. The van der Waals surface area contributed by atoms with Crippen LogP contribution < -0.4 is 5.32 Å². The summed E-state index contributed by atoms with van der Waals surface area (Å²) in [5.41, 5.74) is 2.03. The number of allylic oxidation sites excluding steroid dienone is 1. The van der Waals surface area contributed by atoms with Gasteiger partial charge in [-0.1, -0.05) is 24.3 Å². The lowest BCUT2D eigenvalue weighted by atomic mass is 10.1. The average molecular weight is 357 g/mol. The van der Waals surface area contributed by atoms with E-state index < -0.39 is 23.7 Å². The fourth-order valence-electron chi connectivity index (χ4n) is 3.16. The summed E-state index contributed by atoms with van der Waals surface area (Å²) in [6.45, 7) is 1.78. The van der Waals surface area contributed by atoms with Crippen molar-refractivity contribution in [2.75, 3.05) is 0 Å². The molecule has 7 heteroatoms. The van der Waals surface area contributed by atoms with Crippen molar-refractivity contribution in [3.8, 4) is 5.69 Å². The Hall–Kier alpha value is -2.96. The molecule has 1 heterocycles. The molecule has 1 unspecified atom stereocenters. The molecule has 1 aromatic heterocycles. The molecule has 1 aliphatic rings. The molecule has 1 aliphatic carbocycles. The molecule has 0 aliphatic heterocycles. The quantitative estimate of drug-likeness (QED) is 0.779. The summed E-state index contributed by atoms with van der Waals surface area (Å²) in [4.78, 5) is 24.0. The lowest BCUT2D eigenvalue weighted by molar-refractivity contribution is -0.139. The van der Waals surface area contributed by atoms with E-state index in [4.69, 9.17) is 0 Å². The largest absolute Gasteiger partial charge is 0.480 e. The topological polar surface area (TPSA) is 84.2 Å². The van der Waals surface area contributed by atoms with E-state index in [2.05, 4.69) is 10.4 Å². The summed E-state index contributed by atoms with van der Waals surface area (Å²) in [7, 11) is 0. The number of carbonyl (C=O) groups is 2. The van der Waals surface area contributed by atoms with Crippen LogP contribution in [0.5, 0.6) is 0 Å². The Morgan fingerprint density at radius 2 is 2.15 bits per heavy atom. The van der Waals surface area contributed by atoms with Gasteiger partial charge in [-0.25, -0.2) is 13.9 Å². The molecule has 2 aromatic rings. The Bertz CT molecular complexity index is 873. The highest BCUT2D eigenvalue weighted by atomic mass is 19.1. The molecule has 2 N–H and O–H groups in total. The van der Waals surface area contributed by atoms with Crippen molar-refractivity contribution in [3.05, 3.63) is 59.2 Å². The molecule has 3 rings (SSSR count). The summed E-state index contributed by atoms with van der Waals surface area (Å²) in [5.74, 6) is -2.08. The highest BCUT2D eigenvalue weighted by Gasteiger charge is 2.29. The summed E-state index contributed by atoms with van der Waals surface area (Å²) in [6, 6.07) is 5.21. The fourth-order valence-corrected chi connectivity index (χ4v) is 3.16. The van der Waals surface area contributed by atoms with Crippen molar-refractivity contribution in [1.29, 1.82) is 0 Å². The van der Waals surface area contributed by atoms with Crippen LogP contribution in [0.2, 0.25) is 0 Å². The van der Waals surface area contributed by atoms with Gasteiger partial charge >= 0.3 is 5.97 Å². The van der Waals surface area contributed by atoms with Crippen LogP contribution in [0.1, 0.15) is 41.5 Å². The summed E-state index contributed by atoms with van der Waals surface area (Å²) in [5, 5.41) is 16.1. The van der Waals surface area contributed by atoms with Gasteiger partial charge in [-0.3, -0.25) is 4.79 Å². The Morgan fingerprint density at radius 3 is 2.85 bits per heavy atom. The van der Waals surface area contributed by atoms with Crippen LogP contribution in [0.3, 0.4) is 0 Å². The predicted octanol–water partition coefficient (Wildman–Crippen LogP) is 2.65. The number of fused-ring (bicyclic) bond motifs is 1. The molecule has 0 spiro atoms. The maximum absolute atomic E-state index is 14.2. The van der Waals surface area contributed by atoms with Crippen molar-refractivity contribution >= 4 is 11.9 Å². The normalized spacial score (nSPS) is 14.4. The van der Waals surface area contributed by atoms with Gasteiger partial charge in [-0.15, -0.1) is 0 Å². The van der Waals surface area contributed by atoms with Gasteiger partial charge in [0.2, 0.25) is 0 Å². The number of carboxylic acids is 1. The van der Waals surface area contributed by atoms with Gasteiger partial charge < -0.3 is 10.4 Å². The minimum Gasteiger partial charge on any atom is -0.480 e. The fraction of sp³-hybridized carbons (Fsp3) is 0.316. The Morgan fingerprint density at radius 1 is 1.38 bits per heavy atom. The lowest BCUT2D eigenvalue weighted by Gasteiger charge is -2.12. The van der Waals surface area contributed by atoms with Gasteiger partial charge in [0.1, 0.15) is 17.5 Å². The van der Waals surface area contributed by atoms with Crippen LogP contribution in [0.15, 0.2) is 36.4 Å². The maximum atomic E-state index is 14.2. The number of carboxylic acid groups (broad SMARTS) is 1. The van der Waals surface area contributed by atoms with Crippen molar-refractivity contribution < 1.29 is 19.1 Å². The van der Waals surface area contributed by atoms with E-state index in [0.29, 0.717) is 12.8 Å². The van der Waals surface area contributed by atoms with Gasteiger partial charge in [0, 0.05) is 11.3 Å². The first kappa shape index (κ1) is 17.8. The van der Waals surface area contributed by atoms with Gasteiger partial charge in [0.05, 0.1) is 0 Å². The summed E-state index contributed by atoms with van der Waals surface area (Å²) < 4.78 is 15.6. The third kappa shape index (κ3) is 3.37. The van der Waals surface area contributed by atoms with Gasteiger partial charge in [-0.2, -0.15) is 5.10 Å². The van der Waals surface area contributed by atoms with Gasteiger partial charge in [0.15, 0.2) is 5.69 Å². The molecule has 1 atom stereocenters. The second-order valence-corrected chi connectivity index (χ2v) is 6.16. The first-order valence-corrected chi connectivity index (χ1v) is 8.53. The van der Waals surface area contributed by atoms with Crippen LogP contribution >= 0.6 is 0 Å². The van der Waals surface area contributed by atoms with E-state index >= 15 is 0 Å². The number of carbonyl (C=O) groups excluding carboxylic acids is 1. The predicted molar refractivity (Wildman–Crippen MR) is 93.9 cm³/mol. The van der Waals surface area contributed by atoms with E-state index in [9.17, 15) is 19.1 Å². The SMILES string of the molecule is C/C=C/CC(NC(=O)c1nn(-c2ccccc2F)c2c1CCC2)C(=O)O. The van der Waals surface area contributed by atoms with Crippen LogP contribution in [0.25, 0.3) is 5.69 Å². The number of benzene rings is 1.